The zero-order valence-corrected chi connectivity index (χ0v) is 22.4. The second-order valence-electron chi connectivity index (χ2n) is 9.44. The highest BCUT2D eigenvalue weighted by atomic mass is 19.4. The summed E-state index contributed by atoms with van der Waals surface area (Å²) in [6, 6.07) is 14.9. The van der Waals surface area contributed by atoms with E-state index < -0.39 is 34.7 Å². The maximum atomic E-state index is 13.9. The van der Waals surface area contributed by atoms with Crippen LogP contribution in [0.2, 0.25) is 0 Å². The van der Waals surface area contributed by atoms with Crippen LogP contribution in [0.4, 0.5) is 13.2 Å². The number of unbranched alkanes of at least 4 members (excludes halogenated alkanes) is 3. The molecule has 0 unspecified atom stereocenters. The molecule has 0 N–H and O–H groups in total. The van der Waals surface area contributed by atoms with E-state index in [9.17, 15) is 22.8 Å². The molecule has 0 saturated carbocycles. The van der Waals surface area contributed by atoms with E-state index in [-0.39, 0.29) is 22.4 Å². The van der Waals surface area contributed by atoms with Crippen molar-refractivity contribution in [2.45, 2.75) is 52.6 Å². The van der Waals surface area contributed by atoms with Gasteiger partial charge >= 0.3 is 12.1 Å². The molecule has 0 amide bonds. The van der Waals surface area contributed by atoms with E-state index in [0.717, 1.165) is 37.3 Å². The quantitative estimate of drug-likeness (QED) is 0.111. The van der Waals surface area contributed by atoms with E-state index in [1.807, 2.05) is 0 Å². The first-order chi connectivity index (χ1) is 19.1. The van der Waals surface area contributed by atoms with Crippen LogP contribution in [0.5, 0.6) is 23.0 Å². The normalized spacial score (nSPS) is 11.4. The van der Waals surface area contributed by atoms with Crippen LogP contribution in [0.25, 0.3) is 11.0 Å². The first kappa shape index (κ1) is 28.7. The van der Waals surface area contributed by atoms with Gasteiger partial charge in [0.05, 0.1) is 17.6 Å². The Labute approximate surface area is 229 Å². The van der Waals surface area contributed by atoms with Crippen molar-refractivity contribution in [2.75, 3.05) is 6.61 Å². The Bertz CT molecular complexity index is 1550. The number of hydrogen-bond acceptors (Lipinski definition) is 6. The Morgan fingerprint density at radius 2 is 1.62 bits per heavy atom. The molecule has 0 bridgehead atoms. The standard InChI is InChI=1S/C31H29F3O6/c1-4-5-6-7-16-37-22-12-10-21(11-13-22)30(36)38-23-14-15-24-26(18-23)40-29(31(32,33)34)28(27(24)35)39-25-17-19(2)8-9-20(25)3/h8-15,17-18H,4-7,16H2,1-3H3. The predicted molar refractivity (Wildman–Crippen MR) is 145 cm³/mol. The lowest BCUT2D eigenvalue weighted by atomic mass is 10.1. The zero-order chi connectivity index (χ0) is 28.9. The Balaban J connectivity index is 1.56. The lowest BCUT2D eigenvalue weighted by Gasteiger charge is -2.15. The van der Waals surface area contributed by atoms with Crippen LogP contribution in [0.1, 0.15) is 59.9 Å². The molecule has 40 heavy (non-hydrogen) atoms. The number of ether oxygens (including phenoxy) is 3. The molecule has 0 spiro atoms. The second-order valence-corrected chi connectivity index (χ2v) is 9.44. The maximum absolute atomic E-state index is 13.9. The SMILES string of the molecule is CCCCCCOc1ccc(C(=O)Oc2ccc3c(=O)c(Oc4cc(C)ccc4C)c(C(F)(F)F)oc3c2)cc1. The molecule has 0 fully saturated rings. The van der Waals surface area contributed by atoms with E-state index in [1.54, 1.807) is 38.1 Å². The smallest absolute Gasteiger partial charge is 0.453 e. The predicted octanol–water partition coefficient (Wildman–Crippen LogP) is 8.40. The minimum Gasteiger partial charge on any atom is -0.494 e. The third-order valence-corrected chi connectivity index (χ3v) is 6.20. The van der Waals surface area contributed by atoms with E-state index in [0.29, 0.717) is 17.9 Å². The molecule has 6 nitrogen and oxygen atoms in total. The molecule has 1 aromatic heterocycles. The van der Waals surface area contributed by atoms with Crippen LogP contribution in [0.3, 0.4) is 0 Å². The summed E-state index contributed by atoms with van der Waals surface area (Å²) in [5.74, 6) is -2.66. The van der Waals surface area contributed by atoms with Crippen molar-refractivity contribution in [2.24, 2.45) is 0 Å². The zero-order valence-electron chi connectivity index (χ0n) is 22.4. The molecular weight excluding hydrogens is 525 g/mol. The molecule has 210 valence electrons. The summed E-state index contributed by atoms with van der Waals surface area (Å²) >= 11 is 0. The summed E-state index contributed by atoms with van der Waals surface area (Å²) in [4.78, 5) is 25.8. The average molecular weight is 555 g/mol. The van der Waals surface area contributed by atoms with Gasteiger partial charge < -0.3 is 18.6 Å². The summed E-state index contributed by atoms with van der Waals surface area (Å²) < 4.78 is 63.4. The van der Waals surface area contributed by atoms with Crippen molar-refractivity contribution >= 4 is 16.9 Å². The highest BCUT2D eigenvalue weighted by molar-refractivity contribution is 5.91. The molecule has 9 heteroatoms. The molecule has 4 aromatic rings. The van der Waals surface area contributed by atoms with Gasteiger partial charge in [0.1, 0.15) is 22.8 Å². The summed E-state index contributed by atoms with van der Waals surface area (Å²) in [6.07, 6.45) is -0.728. The van der Waals surface area contributed by atoms with Gasteiger partial charge in [-0.05, 0) is 73.9 Å². The number of fused-ring (bicyclic) bond motifs is 1. The molecule has 0 aliphatic heterocycles. The average Bonchev–Trinajstić information content (AvgIpc) is 2.91. The number of carbonyl (C=O) groups is 1. The Kier molecular flexibility index (Phi) is 8.82. The van der Waals surface area contributed by atoms with Gasteiger partial charge in [0.25, 0.3) is 5.76 Å². The highest BCUT2D eigenvalue weighted by Gasteiger charge is 2.40. The summed E-state index contributed by atoms with van der Waals surface area (Å²) in [5.41, 5.74) is 0.107. The first-order valence-corrected chi connectivity index (χ1v) is 12.9. The van der Waals surface area contributed by atoms with Gasteiger partial charge in [-0.15, -0.1) is 0 Å². The maximum Gasteiger partial charge on any atom is 0.453 e. The molecular formula is C31H29F3O6. The van der Waals surface area contributed by atoms with E-state index in [4.69, 9.17) is 18.6 Å². The van der Waals surface area contributed by atoms with Crippen molar-refractivity contribution in [3.63, 3.8) is 0 Å². The topological polar surface area (TPSA) is 75.0 Å². The van der Waals surface area contributed by atoms with Gasteiger partial charge in [0.2, 0.25) is 11.2 Å². The van der Waals surface area contributed by atoms with Crippen molar-refractivity contribution in [1.29, 1.82) is 0 Å². The van der Waals surface area contributed by atoms with E-state index >= 15 is 0 Å². The van der Waals surface area contributed by atoms with Crippen molar-refractivity contribution in [3.05, 3.63) is 93.3 Å². The van der Waals surface area contributed by atoms with Crippen molar-refractivity contribution in [1.82, 2.24) is 0 Å². The third kappa shape index (κ3) is 6.83. The van der Waals surface area contributed by atoms with Crippen LogP contribution in [-0.4, -0.2) is 12.6 Å². The fourth-order valence-electron chi connectivity index (χ4n) is 4.00. The summed E-state index contributed by atoms with van der Waals surface area (Å²) in [5, 5.41) is -0.159. The van der Waals surface area contributed by atoms with Crippen LogP contribution in [0, 0.1) is 13.8 Å². The lowest BCUT2D eigenvalue weighted by Crippen LogP contribution is -2.16. The lowest BCUT2D eigenvalue weighted by molar-refractivity contribution is -0.154. The molecule has 0 atom stereocenters. The van der Waals surface area contributed by atoms with Gasteiger partial charge in [-0.3, -0.25) is 4.79 Å². The largest absolute Gasteiger partial charge is 0.494 e. The summed E-state index contributed by atoms with van der Waals surface area (Å²) in [7, 11) is 0. The van der Waals surface area contributed by atoms with Crippen LogP contribution in [-0.2, 0) is 6.18 Å². The second kappa shape index (κ2) is 12.3. The summed E-state index contributed by atoms with van der Waals surface area (Å²) in [6.45, 7) is 6.11. The van der Waals surface area contributed by atoms with Gasteiger partial charge in [0, 0.05) is 6.07 Å². The molecule has 3 aromatic carbocycles. The number of aryl methyl sites for hydroxylation is 2. The van der Waals surface area contributed by atoms with Crippen molar-refractivity contribution < 1.29 is 36.6 Å². The molecule has 4 rings (SSSR count). The Hall–Kier alpha value is -4.27. The Morgan fingerprint density at radius 1 is 0.900 bits per heavy atom. The number of halogens is 3. The number of rotatable bonds is 10. The van der Waals surface area contributed by atoms with Gasteiger partial charge in [-0.25, -0.2) is 4.79 Å². The monoisotopic (exact) mass is 554 g/mol. The van der Waals surface area contributed by atoms with Gasteiger partial charge in [-0.1, -0.05) is 38.3 Å². The van der Waals surface area contributed by atoms with Crippen molar-refractivity contribution in [3.8, 4) is 23.0 Å². The fourth-order valence-corrected chi connectivity index (χ4v) is 4.00. The number of alkyl halides is 3. The minimum absolute atomic E-state index is 0.0896. The molecule has 0 aliphatic rings. The minimum atomic E-state index is -5.02. The fraction of sp³-hybridized carbons (Fsp3) is 0.290. The van der Waals surface area contributed by atoms with Crippen LogP contribution < -0.4 is 19.6 Å². The molecule has 0 radical (unpaired) electrons. The van der Waals surface area contributed by atoms with Gasteiger partial charge in [0.15, 0.2) is 0 Å². The molecule has 0 saturated heterocycles. The third-order valence-electron chi connectivity index (χ3n) is 6.20. The first-order valence-electron chi connectivity index (χ1n) is 12.9. The van der Waals surface area contributed by atoms with E-state index in [1.165, 1.54) is 30.3 Å². The molecule has 1 heterocycles. The highest BCUT2D eigenvalue weighted by Crippen LogP contribution is 2.39. The number of carbonyl (C=O) groups excluding carboxylic acids is 1. The van der Waals surface area contributed by atoms with Gasteiger partial charge in [-0.2, -0.15) is 13.2 Å². The van der Waals surface area contributed by atoms with Crippen LogP contribution >= 0.6 is 0 Å². The Morgan fingerprint density at radius 3 is 2.33 bits per heavy atom. The number of hydrogen-bond donors (Lipinski definition) is 0. The number of esters is 1. The van der Waals surface area contributed by atoms with E-state index in [2.05, 4.69) is 6.92 Å². The number of benzene rings is 3. The molecule has 0 aliphatic carbocycles. The van der Waals surface area contributed by atoms with Crippen LogP contribution in [0.15, 0.2) is 69.9 Å².